The summed E-state index contributed by atoms with van der Waals surface area (Å²) in [6.45, 7) is 0. The van der Waals surface area contributed by atoms with Gasteiger partial charge in [0.25, 0.3) is 0 Å². The highest BCUT2D eigenvalue weighted by Gasteiger charge is 2.12. The number of para-hydroxylation sites is 1. The van der Waals surface area contributed by atoms with E-state index in [2.05, 4.69) is 10.0 Å². The second-order valence-corrected chi connectivity index (χ2v) is 9.22. The molecule has 0 aliphatic carbocycles. The van der Waals surface area contributed by atoms with Crippen LogP contribution in [0.25, 0.3) is 23.0 Å². The van der Waals surface area contributed by atoms with Gasteiger partial charge >= 0.3 is 0 Å². The van der Waals surface area contributed by atoms with Crippen molar-refractivity contribution in [2.24, 2.45) is 0 Å². The van der Waals surface area contributed by atoms with Crippen molar-refractivity contribution in [1.29, 1.82) is 0 Å². The van der Waals surface area contributed by atoms with Crippen molar-refractivity contribution >= 4 is 33.4 Å². The molecule has 1 aromatic heterocycles. The van der Waals surface area contributed by atoms with Crippen molar-refractivity contribution in [3.8, 4) is 16.9 Å². The third kappa shape index (κ3) is 5.76. The minimum Gasteiger partial charge on any atom is -0.322 e. The van der Waals surface area contributed by atoms with Crippen LogP contribution in [0.4, 0.5) is 15.8 Å². The van der Waals surface area contributed by atoms with Gasteiger partial charge in [0.15, 0.2) is 0 Å². The van der Waals surface area contributed by atoms with Crippen LogP contribution in [0.2, 0.25) is 0 Å². The van der Waals surface area contributed by atoms with Crippen LogP contribution in [0.1, 0.15) is 5.56 Å². The molecule has 0 aliphatic rings. The van der Waals surface area contributed by atoms with Crippen LogP contribution in [-0.4, -0.2) is 30.4 Å². The van der Waals surface area contributed by atoms with Gasteiger partial charge in [0, 0.05) is 29.1 Å². The van der Waals surface area contributed by atoms with Gasteiger partial charge in [0.1, 0.15) is 5.82 Å². The maximum absolute atomic E-state index is 13.9. The number of aromatic nitrogens is 2. The molecule has 9 heteroatoms. The zero-order chi connectivity index (χ0) is 24.1. The van der Waals surface area contributed by atoms with Crippen molar-refractivity contribution in [3.63, 3.8) is 0 Å². The van der Waals surface area contributed by atoms with E-state index in [1.165, 1.54) is 18.2 Å². The second-order valence-electron chi connectivity index (χ2n) is 7.47. The highest BCUT2D eigenvalue weighted by Crippen LogP contribution is 2.25. The zero-order valence-corrected chi connectivity index (χ0v) is 19.0. The monoisotopic (exact) mass is 476 g/mol. The van der Waals surface area contributed by atoms with Crippen molar-refractivity contribution in [1.82, 2.24) is 9.78 Å². The molecule has 7 nitrogen and oxygen atoms in total. The number of anilines is 2. The number of nitrogens with zero attached hydrogens (tertiary/aromatic N) is 2. The quantitative estimate of drug-likeness (QED) is 0.378. The Hall–Kier alpha value is -4.24. The Bertz CT molecular complexity index is 1450. The van der Waals surface area contributed by atoms with Gasteiger partial charge in [0.05, 0.1) is 23.3 Å². The Labute approximate surface area is 196 Å². The van der Waals surface area contributed by atoms with E-state index in [1.54, 1.807) is 10.8 Å². The van der Waals surface area contributed by atoms with Crippen LogP contribution in [-0.2, 0) is 14.8 Å². The van der Waals surface area contributed by atoms with Gasteiger partial charge in [-0.15, -0.1) is 0 Å². The molecule has 0 unspecified atom stereocenters. The Morgan fingerprint density at radius 2 is 1.68 bits per heavy atom. The summed E-state index contributed by atoms with van der Waals surface area (Å²) in [4.78, 5) is 12.5. The van der Waals surface area contributed by atoms with Crippen LogP contribution in [0.15, 0.2) is 91.1 Å². The molecule has 172 valence electrons. The minimum absolute atomic E-state index is 0.241. The lowest BCUT2D eigenvalue weighted by molar-refractivity contribution is -0.111. The molecule has 2 N–H and O–H groups in total. The summed E-state index contributed by atoms with van der Waals surface area (Å²) in [5.41, 5.74) is 3.19. The molecule has 0 saturated heterocycles. The molecule has 4 aromatic rings. The van der Waals surface area contributed by atoms with Crippen LogP contribution in [0.5, 0.6) is 0 Å². The third-order valence-electron chi connectivity index (χ3n) is 4.75. The van der Waals surface area contributed by atoms with Crippen molar-refractivity contribution in [2.75, 3.05) is 16.3 Å². The number of carbonyl (C=O) groups is 1. The molecule has 1 amide bonds. The van der Waals surface area contributed by atoms with E-state index in [0.717, 1.165) is 29.1 Å². The van der Waals surface area contributed by atoms with Crippen molar-refractivity contribution < 1.29 is 17.6 Å². The van der Waals surface area contributed by atoms with Gasteiger partial charge in [0.2, 0.25) is 15.9 Å². The molecule has 0 aliphatic heterocycles. The van der Waals surface area contributed by atoms with Gasteiger partial charge in [-0.1, -0.05) is 48.5 Å². The number of benzene rings is 3. The van der Waals surface area contributed by atoms with Gasteiger partial charge in [-0.25, -0.2) is 17.5 Å². The van der Waals surface area contributed by atoms with E-state index in [-0.39, 0.29) is 11.4 Å². The Morgan fingerprint density at radius 3 is 2.35 bits per heavy atom. The highest BCUT2D eigenvalue weighted by molar-refractivity contribution is 7.92. The van der Waals surface area contributed by atoms with Gasteiger partial charge in [-0.3, -0.25) is 9.52 Å². The first-order valence-electron chi connectivity index (χ1n) is 10.3. The number of hydrogen-bond acceptors (Lipinski definition) is 4. The fourth-order valence-electron chi connectivity index (χ4n) is 3.27. The maximum Gasteiger partial charge on any atom is 0.248 e. The largest absolute Gasteiger partial charge is 0.322 e. The summed E-state index contributed by atoms with van der Waals surface area (Å²) in [5, 5.41) is 7.30. The van der Waals surface area contributed by atoms with Gasteiger partial charge in [-0.2, -0.15) is 5.10 Å². The number of hydrogen-bond donors (Lipinski definition) is 2. The average molecular weight is 477 g/mol. The summed E-state index contributed by atoms with van der Waals surface area (Å²) < 4.78 is 40.5. The Kier molecular flexibility index (Phi) is 6.55. The van der Waals surface area contributed by atoms with Gasteiger partial charge in [-0.05, 0) is 36.4 Å². The summed E-state index contributed by atoms with van der Waals surface area (Å²) in [7, 11) is -3.67. The van der Waals surface area contributed by atoms with Crippen LogP contribution < -0.4 is 10.0 Å². The maximum atomic E-state index is 13.9. The molecule has 3 aromatic carbocycles. The molecule has 0 saturated carbocycles. The fraction of sp³-hybridized carbons (Fsp3) is 0.0400. The van der Waals surface area contributed by atoms with E-state index in [9.17, 15) is 17.6 Å². The first-order chi connectivity index (χ1) is 16.3. The highest BCUT2D eigenvalue weighted by atomic mass is 32.2. The normalized spacial score (nSPS) is 11.5. The SMILES string of the molecule is CS(=O)(=O)Nc1cc(NC(=O)/C=C/c2cn(-c3ccccc3)nc2-c2ccccc2)ccc1F. The van der Waals surface area contributed by atoms with Crippen LogP contribution in [0, 0.1) is 5.82 Å². The molecule has 4 rings (SSSR count). The third-order valence-corrected chi connectivity index (χ3v) is 5.34. The molecule has 0 atom stereocenters. The molecule has 0 radical (unpaired) electrons. The predicted molar refractivity (Wildman–Crippen MR) is 132 cm³/mol. The Morgan fingerprint density at radius 1 is 1.00 bits per heavy atom. The lowest BCUT2D eigenvalue weighted by atomic mass is 10.1. The first-order valence-corrected chi connectivity index (χ1v) is 12.1. The predicted octanol–water partition coefficient (Wildman–Crippen LogP) is 4.70. The summed E-state index contributed by atoms with van der Waals surface area (Å²) >= 11 is 0. The topological polar surface area (TPSA) is 93.1 Å². The average Bonchev–Trinajstić information content (AvgIpc) is 3.24. The van der Waals surface area contributed by atoms with Gasteiger partial charge < -0.3 is 5.32 Å². The lowest BCUT2D eigenvalue weighted by Crippen LogP contribution is -2.12. The summed E-state index contributed by atoms with van der Waals surface area (Å²) in [6.07, 6.45) is 5.73. The summed E-state index contributed by atoms with van der Waals surface area (Å²) in [5.74, 6) is -1.22. The van der Waals surface area contributed by atoms with Crippen molar-refractivity contribution in [2.45, 2.75) is 0 Å². The number of halogens is 1. The Balaban J connectivity index is 1.59. The lowest BCUT2D eigenvalue weighted by Gasteiger charge is -2.08. The van der Waals surface area contributed by atoms with E-state index in [1.807, 2.05) is 66.9 Å². The molecular weight excluding hydrogens is 455 g/mol. The number of carbonyl (C=O) groups excluding carboxylic acids is 1. The molecule has 0 bridgehead atoms. The molecular formula is C25H21FN4O3S. The molecule has 0 spiro atoms. The minimum atomic E-state index is -3.67. The zero-order valence-electron chi connectivity index (χ0n) is 18.1. The smallest absolute Gasteiger partial charge is 0.248 e. The van der Waals surface area contributed by atoms with E-state index >= 15 is 0 Å². The van der Waals surface area contributed by atoms with Crippen molar-refractivity contribution in [3.05, 3.63) is 103 Å². The summed E-state index contributed by atoms with van der Waals surface area (Å²) in [6, 6.07) is 22.8. The van der Waals surface area contributed by atoms with Crippen LogP contribution in [0.3, 0.4) is 0 Å². The number of nitrogens with one attached hydrogen (secondary N) is 2. The molecule has 34 heavy (non-hydrogen) atoms. The first kappa shape index (κ1) is 22.9. The van der Waals surface area contributed by atoms with E-state index in [0.29, 0.717) is 5.69 Å². The standard InChI is InChI=1S/C25H21FN4O3S/c1-34(32,33)29-23-16-20(13-14-22(23)26)27-24(31)15-12-19-17-30(21-10-6-3-7-11-21)28-25(19)18-8-4-2-5-9-18/h2-17,29H,1H3,(H,27,31)/b15-12+. The molecule has 0 fully saturated rings. The second kappa shape index (κ2) is 9.72. The molecule has 1 heterocycles. The van der Waals surface area contributed by atoms with E-state index < -0.39 is 21.7 Å². The number of rotatable bonds is 7. The number of sulfonamides is 1. The fourth-order valence-corrected chi connectivity index (χ4v) is 3.83. The van der Waals surface area contributed by atoms with E-state index in [4.69, 9.17) is 5.10 Å². The number of amides is 1. The van der Waals surface area contributed by atoms with Crippen LogP contribution >= 0.6 is 0 Å².